The minimum Gasteiger partial charge on any atom is -0.350 e. The van der Waals surface area contributed by atoms with Gasteiger partial charge in [0.1, 0.15) is 0 Å². The molecule has 0 aliphatic carbocycles. The highest BCUT2D eigenvalue weighted by Crippen LogP contribution is 2.23. The molecular formula is C13H14N2O2. The van der Waals surface area contributed by atoms with E-state index in [0.29, 0.717) is 5.06 Å². The molecule has 0 aliphatic rings. The highest BCUT2D eigenvalue weighted by atomic mass is 16.5. The minimum atomic E-state index is -0.856. The molecule has 0 fully saturated rings. The number of benzene rings is 2. The predicted octanol–water partition coefficient (Wildman–Crippen LogP) is 2.67. The van der Waals surface area contributed by atoms with Crippen LogP contribution in [0.25, 0.3) is 10.8 Å². The van der Waals surface area contributed by atoms with E-state index in [-0.39, 0.29) is 0 Å². The number of rotatable bonds is 2. The number of nitrogens with two attached hydrogens (primary N) is 1. The molecule has 2 amide bonds. The first-order valence-electron chi connectivity index (χ1n) is 5.36. The summed E-state index contributed by atoms with van der Waals surface area (Å²) in [6.45, 7) is 1.72. The van der Waals surface area contributed by atoms with Gasteiger partial charge in [0.05, 0.1) is 6.04 Å². The first kappa shape index (κ1) is 11.4. The number of nitrogens with zero attached hydrogens (tertiary/aromatic N) is 1. The minimum absolute atomic E-state index is 0.461. The van der Waals surface area contributed by atoms with Crippen molar-refractivity contribution in [2.24, 2.45) is 5.73 Å². The number of hydroxylamine groups is 2. The fraction of sp³-hybridized carbons (Fsp3) is 0.154. The van der Waals surface area contributed by atoms with Gasteiger partial charge in [0.2, 0.25) is 0 Å². The third kappa shape index (κ3) is 2.21. The van der Waals surface area contributed by atoms with Crippen LogP contribution in [0.1, 0.15) is 18.5 Å². The molecule has 2 rings (SSSR count). The maximum absolute atomic E-state index is 10.9. The average Bonchev–Trinajstić information content (AvgIpc) is 2.36. The summed E-state index contributed by atoms with van der Waals surface area (Å²) in [7, 11) is 0. The quantitative estimate of drug-likeness (QED) is 0.615. The lowest BCUT2D eigenvalue weighted by Gasteiger charge is -2.21. The summed E-state index contributed by atoms with van der Waals surface area (Å²) in [5, 5.41) is 12.2. The highest BCUT2D eigenvalue weighted by molar-refractivity contribution is 5.83. The summed E-state index contributed by atoms with van der Waals surface area (Å²) in [6, 6.07) is 12.4. The second kappa shape index (κ2) is 4.43. The van der Waals surface area contributed by atoms with Gasteiger partial charge in [-0.05, 0) is 29.3 Å². The molecule has 0 aliphatic heterocycles. The lowest BCUT2D eigenvalue weighted by Crippen LogP contribution is -2.34. The van der Waals surface area contributed by atoms with Crippen LogP contribution >= 0.6 is 0 Å². The number of hydrogen-bond acceptors (Lipinski definition) is 2. The molecule has 3 N–H and O–H groups in total. The standard InChI is InChI=1S/C13H14N2O2/c1-9(15(17)13(14)16)11-7-6-10-4-2-3-5-12(10)8-11/h2-9,17H,1H3,(H2,14,16)/t9-/m0/s1. The molecule has 0 heterocycles. The molecule has 0 radical (unpaired) electrons. The van der Waals surface area contributed by atoms with Crippen molar-refractivity contribution in [3.05, 3.63) is 48.0 Å². The monoisotopic (exact) mass is 230 g/mol. The summed E-state index contributed by atoms with van der Waals surface area (Å²) in [5.41, 5.74) is 5.86. The van der Waals surface area contributed by atoms with E-state index in [0.717, 1.165) is 16.3 Å². The Kier molecular flexibility index (Phi) is 2.97. The van der Waals surface area contributed by atoms with E-state index < -0.39 is 12.1 Å². The van der Waals surface area contributed by atoms with E-state index in [1.807, 2.05) is 42.5 Å². The van der Waals surface area contributed by atoms with Crippen LogP contribution in [-0.2, 0) is 0 Å². The van der Waals surface area contributed by atoms with Gasteiger partial charge in [-0.25, -0.2) is 4.79 Å². The van der Waals surface area contributed by atoms with Crippen molar-refractivity contribution in [1.29, 1.82) is 0 Å². The summed E-state index contributed by atoms with van der Waals surface area (Å²) in [6.07, 6.45) is 0. The lowest BCUT2D eigenvalue weighted by atomic mass is 10.0. The Bertz CT molecular complexity index is 554. The van der Waals surface area contributed by atoms with E-state index in [1.54, 1.807) is 6.92 Å². The van der Waals surface area contributed by atoms with Gasteiger partial charge in [-0.15, -0.1) is 0 Å². The van der Waals surface area contributed by atoms with Crippen LogP contribution in [0.5, 0.6) is 0 Å². The van der Waals surface area contributed by atoms with Crippen molar-refractivity contribution in [3.8, 4) is 0 Å². The molecule has 4 heteroatoms. The SMILES string of the molecule is C[C@@H](c1ccc2ccccc2c1)N(O)C(N)=O. The normalized spacial score (nSPS) is 12.4. The maximum Gasteiger partial charge on any atom is 0.339 e. The van der Waals surface area contributed by atoms with E-state index in [1.165, 1.54) is 0 Å². The van der Waals surface area contributed by atoms with Gasteiger partial charge in [0.15, 0.2) is 0 Å². The number of carbonyl (C=O) groups is 1. The summed E-state index contributed by atoms with van der Waals surface area (Å²) in [5.74, 6) is 0. The molecular weight excluding hydrogens is 216 g/mol. The molecule has 2 aromatic rings. The third-order valence-corrected chi connectivity index (χ3v) is 2.85. The maximum atomic E-state index is 10.9. The van der Waals surface area contributed by atoms with Gasteiger partial charge >= 0.3 is 6.03 Å². The molecule has 1 atom stereocenters. The number of urea groups is 1. The van der Waals surface area contributed by atoms with Gasteiger partial charge < -0.3 is 5.73 Å². The average molecular weight is 230 g/mol. The molecule has 2 aromatic carbocycles. The van der Waals surface area contributed by atoms with Crippen LogP contribution in [0.3, 0.4) is 0 Å². The zero-order chi connectivity index (χ0) is 12.4. The molecule has 0 spiro atoms. The van der Waals surface area contributed by atoms with Gasteiger partial charge in [0.25, 0.3) is 0 Å². The summed E-state index contributed by atoms with van der Waals surface area (Å²) < 4.78 is 0. The second-order valence-electron chi connectivity index (χ2n) is 3.97. The molecule has 17 heavy (non-hydrogen) atoms. The van der Waals surface area contributed by atoms with Crippen LogP contribution in [0.2, 0.25) is 0 Å². The Morgan fingerprint density at radius 1 is 1.24 bits per heavy atom. The number of primary amides is 1. The zero-order valence-corrected chi connectivity index (χ0v) is 9.50. The highest BCUT2D eigenvalue weighted by Gasteiger charge is 2.16. The van der Waals surface area contributed by atoms with Crippen molar-refractivity contribution in [2.45, 2.75) is 13.0 Å². The first-order chi connectivity index (χ1) is 8.09. The van der Waals surface area contributed by atoms with E-state index in [4.69, 9.17) is 5.73 Å². The van der Waals surface area contributed by atoms with E-state index >= 15 is 0 Å². The van der Waals surface area contributed by atoms with Crippen molar-refractivity contribution in [1.82, 2.24) is 5.06 Å². The molecule has 0 bridgehead atoms. The van der Waals surface area contributed by atoms with Gasteiger partial charge in [0, 0.05) is 0 Å². The Hall–Kier alpha value is -2.07. The number of hydrogen-bond donors (Lipinski definition) is 2. The van der Waals surface area contributed by atoms with E-state index in [9.17, 15) is 10.0 Å². The second-order valence-corrected chi connectivity index (χ2v) is 3.97. The van der Waals surface area contributed by atoms with Crippen LogP contribution < -0.4 is 5.73 Å². The fourth-order valence-electron chi connectivity index (χ4n) is 1.80. The molecule has 0 aromatic heterocycles. The van der Waals surface area contributed by atoms with Gasteiger partial charge in [-0.3, -0.25) is 5.21 Å². The molecule has 0 saturated carbocycles. The zero-order valence-electron chi connectivity index (χ0n) is 9.50. The van der Waals surface area contributed by atoms with Crippen LogP contribution in [-0.4, -0.2) is 16.3 Å². The fourth-order valence-corrected chi connectivity index (χ4v) is 1.80. The van der Waals surface area contributed by atoms with Crippen molar-refractivity contribution in [2.75, 3.05) is 0 Å². The van der Waals surface area contributed by atoms with Gasteiger partial charge in [-0.2, -0.15) is 5.06 Å². The Labute approximate surface area is 99.2 Å². The Balaban J connectivity index is 2.39. The van der Waals surface area contributed by atoms with Crippen LogP contribution in [0, 0.1) is 0 Å². The van der Waals surface area contributed by atoms with Crippen LogP contribution in [0.15, 0.2) is 42.5 Å². The largest absolute Gasteiger partial charge is 0.350 e. The van der Waals surface area contributed by atoms with E-state index in [2.05, 4.69) is 0 Å². The molecule has 0 unspecified atom stereocenters. The topological polar surface area (TPSA) is 66.6 Å². The van der Waals surface area contributed by atoms with Crippen molar-refractivity contribution >= 4 is 16.8 Å². The number of fused-ring (bicyclic) bond motifs is 1. The van der Waals surface area contributed by atoms with Crippen molar-refractivity contribution in [3.63, 3.8) is 0 Å². The Morgan fingerprint density at radius 2 is 1.88 bits per heavy atom. The lowest BCUT2D eigenvalue weighted by molar-refractivity contribution is -0.0709. The number of amides is 2. The Morgan fingerprint density at radius 3 is 2.53 bits per heavy atom. The summed E-state index contributed by atoms with van der Waals surface area (Å²) in [4.78, 5) is 10.9. The molecule has 88 valence electrons. The smallest absolute Gasteiger partial charge is 0.339 e. The van der Waals surface area contributed by atoms with Gasteiger partial charge in [-0.1, -0.05) is 36.4 Å². The summed E-state index contributed by atoms with van der Waals surface area (Å²) >= 11 is 0. The third-order valence-electron chi connectivity index (χ3n) is 2.85. The molecule has 0 saturated heterocycles. The predicted molar refractivity (Wildman–Crippen MR) is 65.6 cm³/mol. The van der Waals surface area contributed by atoms with Crippen molar-refractivity contribution < 1.29 is 10.0 Å². The first-order valence-corrected chi connectivity index (χ1v) is 5.36. The van der Waals surface area contributed by atoms with Crippen LogP contribution in [0.4, 0.5) is 4.79 Å². The molecule has 4 nitrogen and oxygen atoms in total. The number of carbonyl (C=O) groups excluding carboxylic acids is 1.